The van der Waals surface area contributed by atoms with Crippen molar-refractivity contribution < 1.29 is 0 Å². The average Bonchev–Trinajstić information content (AvgIpc) is 2.57. The first-order valence-corrected chi connectivity index (χ1v) is 6.24. The van der Waals surface area contributed by atoms with E-state index in [0.29, 0.717) is 0 Å². The molecule has 0 radical (unpaired) electrons. The van der Waals surface area contributed by atoms with Crippen LogP contribution >= 0.6 is 22.6 Å². The molecular formula is C10H11IN4. The summed E-state index contributed by atoms with van der Waals surface area (Å²) < 4.78 is 2.79. The fourth-order valence-electron chi connectivity index (χ4n) is 2.14. The minimum Gasteiger partial charge on any atom is -0.214 e. The summed E-state index contributed by atoms with van der Waals surface area (Å²) in [5.74, 6) is 0.833. The largest absolute Gasteiger partial charge is 0.214 e. The predicted octanol–water partition coefficient (Wildman–Crippen LogP) is 1.92. The third-order valence-corrected chi connectivity index (χ3v) is 3.52. The molecule has 0 saturated heterocycles. The van der Waals surface area contributed by atoms with E-state index in [2.05, 4.69) is 37.7 Å². The lowest BCUT2D eigenvalue weighted by molar-refractivity contribution is 0.672. The van der Waals surface area contributed by atoms with E-state index < -0.39 is 0 Å². The van der Waals surface area contributed by atoms with E-state index in [-0.39, 0.29) is 0 Å². The van der Waals surface area contributed by atoms with Crippen LogP contribution in [-0.4, -0.2) is 19.6 Å². The first kappa shape index (κ1) is 9.50. The first-order chi connectivity index (χ1) is 7.25. The SMILES string of the molecule is Cc1nc(I)n2nc3c(c2n1)CCCC3. The molecule has 3 rings (SSSR count). The summed E-state index contributed by atoms with van der Waals surface area (Å²) in [6.07, 6.45) is 4.72. The van der Waals surface area contributed by atoms with Crippen molar-refractivity contribution in [3.8, 4) is 0 Å². The third kappa shape index (κ3) is 1.44. The number of nitrogens with zero attached hydrogens (tertiary/aromatic N) is 4. The van der Waals surface area contributed by atoms with Gasteiger partial charge in [-0.15, -0.1) is 0 Å². The van der Waals surface area contributed by atoms with Crippen molar-refractivity contribution in [2.45, 2.75) is 32.6 Å². The maximum Gasteiger partial charge on any atom is 0.195 e. The Morgan fingerprint density at radius 1 is 1.20 bits per heavy atom. The molecule has 0 aromatic carbocycles. The summed E-state index contributed by atoms with van der Waals surface area (Å²) in [6.45, 7) is 1.93. The van der Waals surface area contributed by atoms with Gasteiger partial charge in [0.1, 0.15) is 5.82 Å². The van der Waals surface area contributed by atoms with Crippen LogP contribution in [0, 0.1) is 10.8 Å². The van der Waals surface area contributed by atoms with Crippen molar-refractivity contribution in [3.05, 3.63) is 20.9 Å². The Morgan fingerprint density at radius 2 is 2.00 bits per heavy atom. The molecule has 0 unspecified atom stereocenters. The van der Waals surface area contributed by atoms with Gasteiger partial charge < -0.3 is 0 Å². The summed E-state index contributed by atoms with van der Waals surface area (Å²) in [5, 5.41) is 4.58. The lowest BCUT2D eigenvalue weighted by atomic mass is 9.98. The zero-order valence-corrected chi connectivity index (χ0v) is 10.7. The van der Waals surface area contributed by atoms with E-state index in [1.807, 2.05) is 11.4 Å². The van der Waals surface area contributed by atoms with Gasteiger partial charge in [-0.25, -0.2) is 9.97 Å². The molecule has 0 saturated carbocycles. The molecule has 78 valence electrons. The highest BCUT2D eigenvalue weighted by Gasteiger charge is 2.19. The second-order valence-corrected chi connectivity index (χ2v) is 4.87. The van der Waals surface area contributed by atoms with Gasteiger partial charge in [-0.2, -0.15) is 9.61 Å². The molecule has 15 heavy (non-hydrogen) atoms. The zero-order valence-electron chi connectivity index (χ0n) is 8.50. The molecule has 0 fully saturated rings. The van der Waals surface area contributed by atoms with Crippen LogP contribution in [0.1, 0.15) is 29.9 Å². The van der Waals surface area contributed by atoms with Crippen molar-refractivity contribution in [1.29, 1.82) is 0 Å². The molecule has 1 aliphatic carbocycles. The third-order valence-electron chi connectivity index (χ3n) is 2.83. The molecule has 0 atom stereocenters. The maximum absolute atomic E-state index is 4.58. The number of aromatic nitrogens is 4. The van der Waals surface area contributed by atoms with Gasteiger partial charge in [0.15, 0.2) is 9.48 Å². The number of hydrogen-bond donors (Lipinski definition) is 0. The Bertz CT molecular complexity index is 532. The van der Waals surface area contributed by atoms with E-state index in [9.17, 15) is 0 Å². The standard InChI is InChI=1S/C10H11IN4/c1-6-12-9-7-4-2-3-5-8(7)14-15(9)10(11)13-6/h2-5H2,1H3. The molecule has 0 N–H and O–H groups in total. The van der Waals surface area contributed by atoms with Crippen molar-refractivity contribution in [3.63, 3.8) is 0 Å². The molecule has 0 spiro atoms. The van der Waals surface area contributed by atoms with Gasteiger partial charge in [0.05, 0.1) is 5.69 Å². The van der Waals surface area contributed by atoms with Gasteiger partial charge in [-0.3, -0.25) is 0 Å². The molecule has 0 aliphatic heterocycles. The van der Waals surface area contributed by atoms with Crippen molar-refractivity contribution in [2.24, 2.45) is 0 Å². The second-order valence-electron chi connectivity index (χ2n) is 3.91. The molecule has 2 aromatic heterocycles. The number of hydrogen-bond acceptors (Lipinski definition) is 3. The summed E-state index contributed by atoms with van der Waals surface area (Å²) in [4.78, 5) is 8.82. The van der Waals surface area contributed by atoms with Crippen molar-refractivity contribution in [2.75, 3.05) is 0 Å². The highest BCUT2D eigenvalue weighted by atomic mass is 127. The molecule has 0 amide bonds. The van der Waals surface area contributed by atoms with Gasteiger partial charge in [-0.05, 0) is 32.6 Å². The van der Waals surface area contributed by atoms with E-state index >= 15 is 0 Å². The lowest BCUT2D eigenvalue weighted by Gasteiger charge is -2.07. The first-order valence-electron chi connectivity index (χ1n) is 5.16. The zero-order chi connectivity index (χ0) is 10.4. The van der Waals surface area contributed by atoms with Gasteiger partial charge in [0.2, 0.25) is 0 Å². The Morgan fingerprint density at radius 3 is 2.87 bits per heavy atom. The predicted molar refractivity (Wildman–Crippen MR) is 64.9 cm³/mol. The smallest absolute Gasteiger partial charge is 0.195 e. The molecular weight excluding hydrogens is 303 g/mol. The molecule has 5 heteroatoms. The maximum atomic E-state index is 4.58. The Balaban J connectivity index is 2.37. The average molecular weight is 314 g/mol. The molecule has 0 bridgehead atoms. The van der Waals surface area contributed by atoms with Crippen LogP contribution in [0.4, 0.5) is 0 Å². The van der Waals surface area contributed by atoms with Crippen molar-refractivity contribution >= 4 is 28.2 Å². The minimum atomic E-state index is 0.833. The van der Waals surface area contributed by atoms with E-state index in [4.69, 9.17) is 0 Å². The monoisotopic (exact) mass is 314 g/mol. The van der Waals surface area contributed by atoms with Gasteiger partial charge in [0.25, 0.3) is 0 Å². The topological polar surface area (TPSA) is 43.1 Å². The molecule has 1 aliphatic rings. The Kier molecular flexibility index (Phi) is 2.15. The van der Waals surface area contributed by atoms with E-state index in [0.717, 1.165) is 28.1 Å². The van der Waals surface area contributed by atoms with Crippen LogP contribution < -0.4 is 0 Å². The number of fused-ring (bicyclic) bond motifs is 3. The van der Waals surface area contributed by atoms with Crippen LogP contribution in [0.5, 0.6) is 0 Å². The van der Waals surface area contributed by atoms with Gasteiger partial charge in [-0.1, -0.05) is 0 Å². The van der Waals surface area contributed by atoms with Crippen molar-refractivity contribution in [1.82, 2.24) is 19.6 Å². The molecule has 2 heterocycles. The summed E-state index contributed by atoms with van der Waals surface area (Å²) in [7, 11) is 0. The van der Waals surface area contributed by atoms with Crippen LogP contribution in [0.15, 0.2) is 0 Å². The fraction of sp³-hybridized carbons (Fsp3) is 0.500. The Labute approximate surface area is 101 Å². The summed E-state index contributed by atoms with van der Waals surface area (Å²) >= 11 is 2.22. The number of rotatable bonds is 0. The van der Waals surface area contributed by atoms with Crippen LogP contribution in [0.3, 0.4) is 0 Å². The van der Waals surface area contributed by atoms with Crippen LogP contribution in [-0.2, 0) is 12.8 Å². The lowest BCUT2D eigenvalue weighted by Crippen LogP contribution is -2.02. The molecule has 4 nitrogen and oxygen atoms in total. The fourth-order valence-corrected chi connectivity index (χ4v) is 2.82. The van der Waals surface area contributed by atoms with E-state index in [1.165, 1.54) is 24.1 Å². The van der Waals surface area contributed by atoms with Crippen LogP contribution in [0.25, 0.3) is 5.65 Å². The second kappa shape index (κ2) is 3.40. The van der Waals surface area contributed by atoms with Crippen LogP contribution in [0.2, 0.25) is 0 Å². The van der Waals surface area contributed by atoms with Gasteiger partial charge >= 0.3 is 0 Å². The highest BCUT2D eigenvalue weighted by molar-refractivity contribution is 14.1. The minimum absolute atomic E-state index is 0.833. The quantitative estimate of drug-likeness (QED) is 0.698. The Hall–Kier alpha value is -0.720. The molecule has 2 aromatic rings. The number of aryl methyl sites for hydroxylation is 3. The highest BCUT2D eigenvalue weighted by Crippen LogP contribution is 2.24. The van der Waals surface area contributed by atoms with E-state index in [1.54, 1.807) is 0 Å². The number of halogens is 1. The summed E-state index contributed by atoms with van der Waals surface area (Å²) in [5.41, 5.74) is 3.57. The normalized spacial score (nSPS) is 15.6. The summed E-state index contributed by atoms with van der Waals surface area (Å²) in [6, 6.07) is 0. The van der Waals surface area contributed by atoms with Gasteiger partial charge in [0, 0.05) is 28.2 Å².